The molecule has 0 bridgehead atoms. The van der Waals surface area contributed by atoms with E-state index >= 15 is 0 Å². The summed E-state index contributed by atoms with van der Waals surface area (Å²) in [5, 5.41) is 2.98. The number of sulfonamides is 1. The van der Waals surface area contributed by atoms with Gasteiger partial charge in [-0.1, -0.05) is 6.92 Å². The number of nitrogens with zero attached hydrogens (tertiary/aromatic N) is 1. The minimum atomic E-state index is -3.28. The quantitative estimate of drug-likeness (QED) is 0.859. The fourth-order valence-electron chi connectivity index (χ4n) is 1.64. The minimum absolute atomic E-state index is 0.125. The molecule has 0 heterocycles. The van der Waals surface area contributed by atoms with E-state index in [1.54, 1.807) is 26.2 Å². The van der Waals surface area contributed by atoms with Crippen LogP contribution in [0.25, 0.3) is 0 Å². The smallest absolute Gasteiger partial charge is 0.235 e. The Hall–Kier alpha value is -1.43. The summed E-state index contributed by atoms with van der Waals surface area (Å²) in [6, 6.07) is 5.32. The van der Waals surface area contributed by atoms with Gasteiger partial charge in [-0.3, -0.25) is 4.31 Å². The van der Waals surface area contributed by atoms with Crippen molar-refractivity contribution in [1.29, 1.82) is 0 Å². The number of ether oxygens (including phenoxy) is 1. The predicted octanol–water partition coefficient (Wildman–Crippen LogP) is 1.91. The fourth-order valence-corrected chi connectivity index (χ4v) is 2.88. The summed E-state index contributed by atoms with van der Waals surface area (Å²) >= 11 is 0. The Morgan fingerprint density at radius 1 is 1.39 bits per heavy atom. The van der Waals surface area contributed by atoms with Gasteiger partial charge in [-0.15, -0.1) is 0 Å². The van der Waals surface area contributed by atoms with Crippen molar-refractivity contribution in [2.75, 3.05) is 36.6 Å². The zero-order valence-electron chi connectivity index (χ0n) is 11.2. The van der Waals surface area contributed by atoms with Gasteiger partial charge in [0.15, 0.2) is 0 Å². The van der Waals surface area contributed by atoms with E-state index in [1.807, 2.05) is 13.0 Å². The first kappa shape index (κ1) is 14.6. The number of nitrogens with one attached hydrogen (secondary N) is 1. The van der Waals surface area contributed by atoms with Gasteiger partial charge in [0.2, 0.25) is 10.0 Å². The minimum Gasteiger partial charge on any atom is -0.494 e. The number of rotatable bonds is 6. The average molecular weight is 272 g/mol. The standard InChI is InChI=1S/C12H20N2O3S/c1-5-8-18(15,16)14(3)11-7-6-10(13-2)9-12(11)17-4/h6-7,9,13H,5,8H2,1-4H3. The molecule has 0 aliphatic heterocycles. The SMILES string of the molecule is CCCS(=O)(=O)N(C)c1ccc(NC)cc1OC. The van der Waals surface area contributed by atoms with Crippen molar-refractivity contribution in [3.05, 3.63) is 18.2 Å². The molecular weight excluding hydrogens is 252 g/mol. The second-order valence-electron chi connectivity index (χ2n) is 3.92. The van der Waals surface area contributed by atoms with Crippen molar-refractivity contribution in [2.45, 2.75) is 13.3 Å². The molecule has 0 aliphatic rings. The molecular formula is C12H20N2O3S. The van der Waals surface area contributed by atoms with E-state index in [2.05, 4.69) is 5.32 Å². The summed E-state index contributed by atoms with van der Waals surface area (Å²) in [7, 11) is 1.58. The number of anilines is 2. The highest BCUT2D eigenvalue weighted by Gasteiger charge is 2.20. The molecule has 102 valence electrons. The fraction of sp³-hybridized carbons (Fsp3) is 0.500. The Labute approximate surface area is 109 Å². The molecule has 5 nitrogen and oxygen atoms in total. The average Bonchev–Trinajstić information content (AvgIpc) is 2.37. The molecule has 1 aromatic rings. The summed E-state index contributed by atoms with van der Waals surface area (Å²) in [4.78, 5) is 0. The molecule has 0 aliphatic carbocycles. The Kier molecular flexibility index (Phi) is 4.84. The lowest BCUT2D eigenvalue weighted by molar-refractivity contribution is 0.416. The van der Waals surface area contributed by atoms with Gasteiger partial charge in [0, 0.05) is 25.8 Å². The topological polar surface area (TPSA) is 58.6 Å². The van der Waals surface area contributed by atoms with Gasteiger partial charge in [-0.05, 0) is 18.6 Å². The van der Waals surface area contributed by atoms with Crippen LogP contribution in [-0.2, 0) is 10.0 Å². The summed E-state index contributed by atoms with van der Waals surface area (Å²) in [5.41, 5.74) is 1.42. The third-order valence-electron chi connectivity index (χ3n) is 2.69. The molecule has 0 saturated heterocycles. The van der Waals surface area contributed by atoms with Crippen LogP contribution in [0.1, 0.15) is 13.3 Å². The van der Waals surface area contributed by atoms with E-state index < -0.39 is 10.0 Å². The van der Waals surface area contributed by atoms with Crippen LogP contribution in [0, 0.1) is 0 Å². The van der Waals surface area contributed by atoms with Crippen LogP contribution in [0.15, 0.2) is 18.2 Å². The monoisotopic (exact) mass is 272 g/mol. The molecule has 0 saturated carbocycles. The third-order valence-corrected chi connectivity index (χ3v) is 4.64. The van der Waals surface area contributed by atoms with Crippen LogP contribution in [-0.4, -0.2) is 35.4 Å². The van der Waals surface area contributed by atoms with Crippen LogP contribution in [0.2, 0.25) is 0 Å². The summed E-state index contributed by atoms with van der Waals surface area (Å²) in [5.74, 6) is 0.657. The Bertz CT molecular complexity index is 500. The Morgan fingerprint density at radius 2 is 2.06 bits per heavy atom. The van der Waals surface area contributed by atoms with Crippen molar-refractivity contribution in [1.82, 2.24) is 0 Å². The van der Waals surface area contributed by atoms with Crippen molar-refractivity contribution >= 4 is 21.4 Å². The van der Waals surface area contributed by atoms with Gasteiger partial charge in [0.25, 0.3) is 0 Å². The third kappa shape index (κ3) is 3.07. The molecule has 0 atom stereocenters. The van der Waals surface area contributed by atoms with E-state index in [0.29, 0.717) is 17.9 Å². The Balaban J connectivity index is 3.17. The second kappa shape index (κ2) is 5.95. The normalized spacial score (nSPS) is 11.1. The molecule has 0 fully saturated rings. The van der Waals surface area contributed by atoms with Gasteiger partial charge < -0.3 is 10.1 Å². The maximum absolute atomic E-state index is 12.0. The number of hydrogen-bond donors (Lipinski definition) is 1. The van der Waals surface area contributed by atoms with Crippen molar-refractivity contribution in [2.24, 2.45) is 0 Å². The largest absolute Gasteiger partial charge is 0.494 e. The van der Waals surface area contributed by atoms with E-state index in [9.17, 15) is 8.42 Å². The number of methoxy groups -OCH3 is 1. The molecule has 0 spiro atoms. The summed E-state index contributed by atoms with van der Waals surface area (Å²) < 4.78 is 30.5. The second-order valence-corrected chi connectivity index (χ2v) is 6.04. The highest BCUT2D eigenvalue weighted by atomic mass is 32.2. The van der Waals surface area contributed by atoms with Crippen molar-refractivity contribution < 1.29 is 13.2 Å². The van der Waals surface area contributed by atoms with E-state index in [4.69, 9.17) is 4.74 Å². The van der Waals surface area contributed by atoms with Gasteiger partial charge in [-0.2, -0.15) is 0 Å². The van der Waals surface area contributed by atoms with Crippen LogP contribution in [0.4, 0.5) is 11.4 Å². The van der Waals surface area contributed by atoms with Crippen LogP contribution in [0.5, 0.6) is 5.75 Å². The van der Waals surface area contributed by atoms with Crippen LogP contribution < -0.4 is 14.4 Å². The zero-order valence-corrected chi connectivity index (χ0v) is 12.0. The zero-order chi connectivity index (χ0) is 13.8. The maximum Gasteiger partial charge on any atom is 0.235 e. The van der Waals surface area contributed by atoms with Crippen LogP contribution >= 0.6 is 0 Å². The summed E-state index contributed by atoms with van der Waals surface area (Å²) in [6.45, 7) is 1.84. The Morgan fingerprint density at radius 3 is 2.56 bits per heavy atom. The van der Waals surface area contributed by atoms with Gasteiger partial charge in [0.1, 0.15) is 5.75 Å². The lowest BCUT2D eigenvalue weighted by Crippen LogP contribution is -2.29. The number of benzene rings is 1. The van der Waals surface area contributed by atoms with Gasteiger partial charge in [-0.25, -0.2) is 8.42 Å². The van der Waals surface area contributed by atoms with Gasteiger partial charge in [0.05, 0.1) is 18.6 Å². The van der Waals surface area contributed by atoms with Crippen LogP contribution in [0.3, 0.4) is 0 Å². The lowest BCUT2D eigenvalue weighted by Gasteiger charge is -2.21. The van der Waals surface area contributed by atoms with Gasteiger partial charge >= 0.3 is 0 Å². The van der Waals surface area contributed by atoms with E-state index in [0.717, 1.165) is 5.69 Å². The first-order valence-electron chi connectivity index (χ1n) is 5.78. The molecule has 6 heteroatoms. The molecule has 18 heavy (non-hydrogen) atoms. The maximum atomic E-state index is 12.0. The first-order chi connectivity index (χ1) is 8.46. The lowest BCUT2D eigenvalue weighted by atomic mass is 10.2. The van der Waals surface area contributed by atoms with Crippen molar-refractivity contribution in [3.8, 4) is 5.75 Å². The van der Waals surface area contributed by atoms with E-state index in [-0.39, 0.29) is 5.75 Å². The summed E-state index contributed by atoms with van der Waals surface area (Å²) in [6.07, 6.45) is 0.587. The molecule has 0 unspecified atom stereocenters. The molecule has 1 aromatic carbocycles. The molecule has 0 amide bonds. The van der Waals surface area contributed by atoms with E-state index in [1.165, 1.54) is 11.4 Å². The molecule has 0 aromatic heterocycles. The van der Waals surface area contributed by atoms with Crippen molar-refractivity contribution in [3.63, 3.8) is 0 Å². The molecule has 1 N–H and O–H groups in total. The predicted molar refractivity (Wildman–Crippen MR) is 75.0 cm³/mol. The molecule has 0 radical (unpaired) electrons. The molecule has 1 rings (SSSR count). The highest BCUT2D eigenvalue weighted by Crippen LogP contribution is 2.32. The number of hydrogen-bond acceptors (Lipinski definition) is 4. The highest BCUT2D eigenvalue weighted by molar-refractivity contribution is 7.92. The first-order valence-corrected chi connectivity index (χ1v) is 7.39.